The van der Waals surface area contributed by atoms with E-state index in [1.165, 1.54) is 6.07 Å². The molecule has 0 saturated carbocycles. The first-order valence-corrected chi connectivity index (χ1v) is 8.46. The quantitative estimate of drug-likeness (QED) is 0.266. The Balaban J connectivity index is 2.38. The van der Waals surface area contributed by atoms with Crippen molar-refractivity contribution in [1.82, 2.24) is 9.61 Å². The smallest absolute Gasteiger partial charge is 0.359 e. The highest BCUT2D eigenvalue weighted by Gasteiger charge is 2.32. The second-order valence-corrected chi connectivity index (χ2v) is 6.30. The fourth-order valence-electron chi connectivity index (χ4n) is 3.60. The van der Waals surface area contributed by atoms with E-state index in [1.807, 2.05) is 0 Å². The lowest BCUT2D eigenvalue weighted by Crippen LogP contribution is -2.16. The average Bonchev–Trinajstić information content (AvgIpc) is 3.16. The number of esters is 2. The predicted octanol–water partition coefficient (Wildman–Crippen LogP) is 1.83. The van der Waals surface area contributed by atoms with Crippen molar-refractivity contribution in [3.63, 3.8) is 0 Å². The number of carbonyl (C=O) groups is 2. The van der Waals surface area contributed by atoms with Gasteiger partial charge >= 0.3 is 11.9 Å². The Morgan fingerprint density at radius 3 is 1.97 bits per heavy atom. The molecule has 0 atom stereocenters. The molecule has 2 aromatic heterocycles. The second kappa shape index (κ2) is 6.69. The number of rotatable bonds is 4. The minimum absolute atomic E-state index is 0.0574. The molecular weight excluding hydrogens is 416 g/mol. The van der Waals surface area contributed by atoms with Crippen LogP contribution in [0.4, 0.5) is 11.4 Å². The number of fused-ring (bicyclic) bond motifs is 2. The van der Waals surface area contributed by atoms with Gasteiger partial charge in [0.2, 0.25) is 0 Å². The molecule has 0 fully saturated rings. The third-order valence-electron chi connectivity index (χ3n) is 4.84. The molecule has 0 spiro atoms. The van der Waals surface area contributed by atoms with Crippen molar-refractivity contribution in [1.29, 1.82) is 0 Å². The van der Waals surface area contributed by atoms with Crippen LogP contribution in [-0.4, -0.2) is 45.6 Å². The zero-order chi connectivity index (χ0) is 22.6. The zero-order valence-electron chi connectivity index (χ0n) is 15.8. The lowest BCUT2D eigenvalue weighted by Gasteiger charge is -2.09. The summed E-state index contributed by atoms with van der Waals surface area (Å²) in [6.45, 7) is 0. The SMILES string of the molecule is COC(=O)c1nn2c(=O)c3ccc([N+](=O)[O-])c4c([N+](=O)[O-])ccc(c43)c2c1C(=O)OC. The molecule has 13 nitrogen and oxygen atoms in total. The first-order chi connectivity index (χ1) is 14.7. The van der Waals surface area contributed by atoms with Crippen molar-refractivity contribution in [3.05, 3.63) is 66.1 Å². The standard InChI is InChI=1S/C18H10N4O9/c1-30-17(24)13-14(18(25)31-2)19-20-15(13)7-3-5-9(21(26)27)12-10(22(28)29)6-4-8(11(7)12)16(20)23/h3-6H,1-2H3. The number of nitrogens with zero attached hydrogens (tertiary/aromatic N) is 4. The van der Waals surface area contributed by atoms with Gasteiger partial charge in [-0.15, -0.1) is 0 Å². The van der Waals surface area contributed by atoms with E-state index in [2.05, 4.69) is 9.84 Å². The number of non-ortho nitro benzene ring substituents is 2. The Bertz CT molecular complexity index is 1500. The van der Waals surface area contributed by atoms with E-state index in [0.717, 1.165) is 36.9 Å². The van der Waals surface area contributed by atoms with Crippen molar-refractivity contribution in [2.75, 3.05) is 14.2 Å². The minimum atomic E-state index is -1.02. The summed E-state index contributed by atoms with van der Waals surface area (Å²) in [7, 11) is 2.09. The monoisotopic (exact) mass is 426 g/mol. The van der Waals surface area contributed by atoms with Crippen molar-refractivity contribution in [2.45, 2.75) is 0 Å². The van der Waals surface area contributed by atoms with E-state index in [0.29, 0.717) is 0 Å². The summed E-state index contributed by atoms with van der Waals surface area (Å²) in [6.07, 6.45) is 0. The van der Waals surface area contributed by atoms with Gasteiger partial charge in [-0.3, -0.25) is 25.0 Å². The molecule has 0 N–H and O–H groups in total. The fraction of sp³-hybridized carbons (Fsp3) is 0.111. The summed E-state index contributed by atoms with van der Waals surface area (Å²) in [4.78, 5) is 59.2. The van der Waals surface area contributed by atoms with Crippen molar-refractivity contribution >= 4 is 50.4 Å². The highest BCUT2D eigenvalue weighted by molar-refractivity contribution is 6.23. The van der Waals surface area contributed by atoms with Gasteiger partial charge in [0, 0.05) is 22.9 Å². The summed E-state index contributed by atoms with van der Waals surface area (Å²) in [5.74, 6) is -2.04. The fourth-order valence-corrected chi connectivity index (χ4v) is 3.60. The lowest BCUT2D eigenvalue weighted by molar-refractivity contribution is -0.390. The van der Waals surface area contributed by atoms with Crippen LogP contribution in [0, 0.1) is 20.2 Å². The predicted molar refractivity (Wildman–Crippen MR) is 104 cm³/mol. The number of hydrogen-bond acceptors (Lipinski definition) is 10. The maximum Gasteiger partial charge on any atom is 0.359 e. The molecule has 13 heteroatoms. The van der Waals surface area contributed by atoms with Gasteiger partial charge in [-0.25, -0.2) is 9.59 Å². The third-order valence-corrected chi connectivity index (χ3v) is 4.84. The first-order valence-electron chi connectivity index (χ1n) is 8.46. The van der Waals surface area contributed by atoms with Crippen LogP contribution in [0.1, 0.15) is 20.8 Å². The Morgan fingerprint density at radius 1 is 0.903 bits per heavy atom. The highest BCUT2D eigenvalue weighted by Crippen LogP contribution is 2.40. The number of pyridine rings is 1. The van der Waals surface area contributed by atoms with Crippen LogP contribution in [0.25, 0.3) is 27.1 Å². The van der Waals surface area contributed by atoms with Crippen LogP contribution in [0.5, 0.6) is 0 Å². The molecule has 0 radical (unpaired) electrons. The number of hydrogen-bond donors (Lipinski definition) is 0. The molecule has 0 bridgehead atoms. The van der Waals surface area contributed by atoms with Crippen LogP contribution < -0.4 is 5.56 Å². The molecule has 4 rings (SSSR count). The number of nitro benzene ring substituents is 2. The Hall–Kier alpha value is -4.68. The van der Waals surface area contributed by atoms with E-state index < -0.39 is 50.0 Å². The maximum atomic E-state index is 13.1. The van der Waals surface area contributed by atoms with Gasteiger partial charge in [-0.2, -0.15) is 9.61 Å². The number of carbonyl (C=O) groups excluding carboxylic acids is 2. The van der Waals surface area contributed by atoms with E-state index in [1.54, 1.807) is 0 Å². The zero-order valence-corrected chi connectivity index (χ0v) is 15.8. The van der Waals surface area contributed by atoms with E-state index in [9.17, 15) is 34.6 Å². The summed E-state index contributed by atoms with van der Waals surface area (Å²) in [5, 5.41) is 26.4. The molecule has 156 valence electrons. The number of nitro groups is 2. The Labute approximate surface area is 170 Å². The third kappa shape index (κ3) is 2.56. The summed E-state index contributed by atoms with van der Waals surface area (Å²) >= 11 is 0. The molecule has 0 saturated heterocycles. The molecule has 0 aliphatic carbocycles. The molecular formula is C18H10N4O9. The van der Waals surface area contributed by atoms with Gasteiger partial charge in [-0.05, 0) is 12.1 Å². The van der Waals surface area contributed by atoms with Gasteiger partial charge in [0.15, 0.2) is 5.69 Å². The molecule has 0 aliphatic rings. The number of ether oxygens (including phenoxy) is 2. The largest absolute Gasteiger partial charge is 0.465 e. The van der Waals surface area contributed by atoms with Crippen molar-refractivity contribution in [3.8, 4) is 0 Å². The summed E-state index contributed by atoms with van der Waals surface area (Å²) in [6, 6.07) is 4.35. The molecule has 2 aromatic carbocycles. The van der Waals surface area contributed by atoms with E-state index >= 15 is 0 Å². The Morgan fingerprint density at radius 2 is 1.45 bits per heavy atom. The molecule has 0 aliphatic heterocycles. The van der Waals surface area contributed by atoms with Crippen LogP contribution in [0.2, 0.25) is 0 Å². The van der Waals surface area contributed by atoms with Crippen LogP contribution in [-0.2, 0) is 9.47 Å². The molecule has 31 heavy (non-hydrogen) atoms. The van der Waals surface area contributed by atoms with Gasteiger partial charge in [0.05, 0.1) is 35.0 Å². The van der Waals surface area contributed by atoms with Gasteiger partial charge in [0.25, 0.3) is 16.9 Å². The normalized spacial score (nSPS) is 11.2. The second-order valence-electron chi connectivity index (χ2n) is 6.30. The van der Waals surface area contributed by atoms with Crippen molar-refractivity contribution in [2.24, 2.45) is 0 Å². The lowest BCUT2D eigenvalue weighted by atomic mass is 9.97. The van der Waals surface area contributed by atoms with Crippen LogP contribution in [0.3, 0.4) is 0 Å². The first kappa shape index (κ1) is 19.6. The average molecular weight is 426 g/mol. The summed E-state index contributed by atoms with van der Waals surface area (Å²) < 4.78 is 10.1. The number of methoxy groups -OCH3 is 2. The molecule has 0 unspecified atom stereocenters. The number of aromatic nitrogens is 2. The van der Waals surface area contributed by atoms with Crippen LogP contribution in [0.15, 0.2) is 29.1 Å². The molecule has 2 heterocycles. The molecule has 0 amide bonds. The van der Waals surface area contributed by atoms with Crippen molar-refractivity contribution < 1.29 is 28.9 Å². The van der Waals surface area contributed by atoms with Gasteiger partial charge in [0.1, 0.15) is 10.9 Å². The molecule has 4 aromatic rings. The summed E-state index contributed by atoms with van der Waals surface area (Å²) in [5.41, 5.74) is -3.14. The van der Waals surface area contributed by atoms with E-state index in [4.69, 9.17) is 4.74 Å². The van der Waals surface area contributed by atoms with E-state index in [-0.39, 0.29) is 27.1 Å². The highest BCUT2D eigenvalue weighted by atomic mass is 16.6. The topological polar surface area (TPSA) is 173 Å². The van der Waals surface area contributed by atoms with Gasteiger partial charge < -0.3 is 9.47 Å². The maximum absolute atomic E-state index is 13.1. The minimum Gasteiger partial charge on any atom is -0.465 e. The Kier molecular flexibility index (Phi) is 4.23. The van der Waals surface area contributed by atoms with Crippen LogP contribution >= 0.6 is 0 Å². The number of benzene rings is 2. The van der Waals surface area contributed by atoms with Gasteiger partial charge in [-0.1, -0.05) is 0 Å².